The van der Waals surface area contributed by atoms with Crippen molar-refractivity contribution in [2.24, 2.45) is 0 Å². The van der Waals surface area contributed by atoms with Gasteiger partial charge in [0.2, 0.25) is 0 Å². The van der Waals surface area contributed by atoms with E-state index < -0.39 is 18.5 Å². The summed E-state index contributed by atoms with van der Waals surface area (Å²) in [5.74, 6) is 0. The maximum absolute atomic E-state index is 9.74. The van der Waals surface area contributed by atoms with Crippen molar-refractivity contribution < 1.29 is 24.9 Å². The van der Waals surface area contributed by atoms with Crippen LogP contribution >= 0.6 is 0 Å². The molecule has 0 saturated heterocycles. The Bertz CT molecular complexity index is 206. The molecule has 0 heterocycles. The second-order valence-electron chi connectivity index (χ2n) is 4.69. The Labute approximate surface area is 104 Å². The summed E-state index contributed by atoms with van der Waals surface area (Å²) in [6.45, 7) is 9.37. The van der Waals surface area contributed by atoms with Gasteiger partial charge in [-0.1, -0.05) is 13.3 Å². The van der Waals surface area contributed by atoms with Crippen LogP contribution in [-0.4, -0.2) is 38.7 Å². The minimum atomic E-state index is -2.17. The monoisotopic (exact) mass is 248 g/mol. The molecular weight excluding hydrogens is 223 g/mol. The molecule has 6 heteroatoms. The van der Waals surface area contributed by atoms with Crippen molar-refractivity contribution in [2.45, 2.75) is 58.7 Å². The van der Waals surface area contributed by atoms with E-state index in [2.05, 4.69) is 6.92 Å². The third-order valence-corrected chi connectivity index (χ3v) is 2.39. The van der Waals surface area contributed by atoms with Gasteiger partial charge in [-0.15, -0.1) is 0 Å². The number of aliphatic hydroxyl groups is 1. The molecule has 0 atom stereocenters. The summed E-state index contributed by atoms with van der Waals surface area (Å²) in [5.41, 5.74) is -1.37. The lowest BCUT2D eigenvalue weighted by Gasteiger charge is -2.36. The molecular formula is C11H25BO5. The molecule has 0 unspecified atom stereocenters. The molecule has 0 aliphatic rings. The number of rotatable bonds is 5. The van der Waals surface area contributed by atoms with E-state index in [0.717, 1.165) is 12.8 Å². The standard InChI is InChI=1S/C11H22O2.BH3O3/c1-6-7-8-9-13-11(4,5)10(2,3)12;2-1(3)4/h8-9,12H,6-7H2,1-5H3;2-4H/b9-8+;. The number of hydrogen-bond donors (Lipinski definition) is 4. The normalized spacial score (nSPS) is 12.1. The van der Waals surface area contributed by atoms with Crippen LogP contribution in [0.2, 0.25) is 0 Å². The second kappa shape index (κ2) is 8.52. The first kappa shape index (κ1) is 18.8. The first-order valence-electron chi connectivity index (χ1n) is 5.64. The maximum atomic E-state index is 9.74. The van der Waals surface area contributed by atoms with Crippen molar-refractivity contribution in [1.82, 2.24) is 0 Å². The molecule has 0 aromatic rings. The van der Waals surface area contributed by atoms with Crippen LogP contribution < -0.4 is 0 Å². The molecule has 0 spiro atoms. The molecule has 0 radical (unpaired) electrons. The average Bonchev–Trinajstić information content (AvgIpc) is 2.09. The van der Waals surface area contributed by atoms with Crippen LogP contribution in [0.3, 0.4) is 0 Å². The maximum Gasteiger partial charge on any atom is 0.631 e. The van der Waals surface area contributed by atoms with E-state index in [1.54, 1.807) is 20.1 Å². The topological polar surface area (TPSA) is 90.2 Å². The van der Waals surface area contributed by atoms with E-state index in [0.29, 0.717) is 0 Å². The Balaban J connectivity index is 0. The van der Waals surface area contributed by atoms with Crippen LogP contribution in [0.4, 0.5) is 0 Å². The van der Waals surface area contributed by atoms with Crippen molar-refractivity contribution in [1.29, 1.82) is 0 Å². The van der Waals surface area contributed by atoms with E-state index in [-0.39, 0.29) is 0 Å². The quantitative estimate of drug-likeness (QED) is 0.427. The number of allylic oxidation sites excluding steroid dienone is 1. The van der Waals surface area contributed by atoms with Gasteiger partial charge in [0.15, 0.2) is 0 Å². The zero-order chi connectivity index (χ0) is 14.1. The lowest BCUT2D eigenvalue weighted by molar-refractivity contribution is -0.114. The van der Waals surface area contributed by atoms with E-state index in [1.165, 1.54) is 0 Å². The van der Waals surface area contributed by atoms with E-state index in [4.69, 9.17) is 19.8 Å². The molecule has 17 heavy (non-hydrogen) atoms. The van der Waals surface area contributed by atoms with Gasteiger partial charge >= 0.3 is 7.32 Å². The minimum Gasteiger partial charge on any atom is -0.493 e. The fourth-order valence-electron chi connectivity index (χ4n) is 0.597. The molecule has 4 N–H and O–H groups in total. The predicted molar refractivity (Wildman–Crippen MR) is 67.9 cm³/mol. The minimum absolute atomic E-state index is 0.544. The molecule has 102 valence electrons. The predicted octanol–water partition coefficient (Wildman–Crippen LogP) is 0.814. The fourth-order valence-corrected chi connectivity index (χ4v) is 0.597. The Kier molecular flexibility index (Phi) is 9.43. The van der Waals surface area contributed by atoms with E-state index >= 15 is 0 Å². The van der Waals surface area contributed by atoms with Gasteiger partial charge in [-0.2, -0.15) is 0 Å². The molecule has 5 nitrogen and oxygen atoms in total. The van der Waals surface area contributed by atoms with Crippen molar-refractivity contribution >= 4 is 7.32 Å². The van der Waals surface area contributed by atoms with Crippen molar-refractivity contribution in [3.8, 4) is 0 Å². The zero-order valence-corrected chi connectivity index (χ0v) is 11.3. The van der Waals surface area contributed by atoms with Gasteiger partial charge < -0.3 is 24.9 Å². The molecule has 0 bridgehead atoms. The lowest BCUT2D eigenvalue weighted by atomic mass is 9.90. The molecule has 0 aromatic carbocycles. The molecule has 0 fully saturated rings. The van der Waals surface area contributed by atoms with Crippen molar-refractivity contribution in [3.05, 3.63) is 12.3 Å². The highest BCUT2D eigenvalue weighted by Crippen LogP contribution is 2.25. The first-order valence-corrected chi connectivity index (χ1v) is 5.64. The van der Waals surface area contributed by atoms with E-state index in [9.17, 15) is 5.11 Å². The molecule has 0 aliphatic carbocycles. The molecule has 0 saturated carbocycles. The van der Waals surface area contributed by atoms with Crippen molar-refractivity contribution in [2.75, 3.05) is 0 Å². The van der Waals surface area contributed by atoms with Crippen LogP contribution in [0.15, 0.2) is 12.3 Å². The van der Waals surface area contributed by atoms with Crippen LogP contribution in [0.25, 0.3) is 0 Å². The summed E-state index contributed by atoms with van der Waals surface area (Å²) in [6.07, 6.45) is 5.79. The van der Waals surface area contributed by atoms with Gasteiger partial charge in [0.05, 0.1) is 11.9 Å². The molecule has 0 aliphatic heterocycles. The second-order valence-corrected chi connectivity index (χ2v) is 4.69. The van der Waals surface area contributed by atoms with Crippen LogP contribution in [0.1, 0.15) is 47.5 Å². The molecule has 0 aromatic heterocycles. The number of hydrogen-bond acceptors (Lipinski definition) is 5. The zero-order valence-electron chi connectivity index (χ0n) is 11.3. The number of ether oxygens (including phenoxy) is 1. The fraction of sp³-hybridized carbons (Fsp3) is 0.818. The Morgan fingerprint density at radius 2 is 1.53 bits per heavy atom. The van der Waals surface area contributed by atoms with Gasteiger partial charge in [0.25, 0.3) is 0 Å². The van der Waals surface area contributed by atoms with Gasteiger partial charge in [-0.3, -0.25) is 0 Å². The van der Waals surface area contributed by atoms with Crippen LogP contribution in [-0.2, 0) is 4.74 Å². The average molecular weight is 248 g/mol. The SMILES string of the molecule is CCC/C=C/OC(C)(C)C(C)(C)O.OB(O)O. The third kappa shape index (κ3) is 11.7. The van der Waals surface area contributed by atoms with Gasteiger partial charge in [0, 0.05) is 0 Å². The Morgan fingerprint density at radius 3 is 1.82 bits per heavy atom. The Morgan fingerprint density at radius 1 is 1.12 bits per heavy atom. The highest BCUT2D eigenvalue weighted by molar-refractivity contribution is 6.30. The highest BCUT2D eigenvalue weighted by atomic mass is 16.5. The summed E-state index contributed by atoms with van der Waals surface area (Å²) in [4.78, 5) is 0. The molecule has 0 rings (SSSR count). The molecule has 0 amide bonds. The summed E-state index contributed by atoms with van der Waals surface area (Å²) in [7, 11) is -2.17. The first-order chi connectivity index (χ1) is 7.54. The van der Waals surface area contributed by atoms with E-state index in [1.807, 2.05) is 19.9 Å². The number of unbranched alkanes of at least 4 members (excludes halogenated alkanes) is 1. The Hall–Kier alpha value is -0.555. The van der Waals surface area contributed by atoms with Crippen LogP contribution in [0.5, 0.6) is 0 Å². The van der Waals surface area contributed by atoms with Gasteiger partial charge in [-0.25, -0.2) is 0 Å². The summed E-state index contributed by atoms with van der Waals surface area (Å²) >= 11 is 0. The van der Waals surface area contributed by atoms with Gasteiger partial charge in [0.1, 0.15) is 5.60 Å². The van der Waals surface area contributed by atoms with Gasteiger partial charge in [-0.05, 0) is 40.2 Å². The highest BCUT2D eigenvalue weighted by Gasteiger charge is 2.36. The third-order valence-electron chi connectivity index (χ3n) is 2.39. The summed E-state index contributed by atoms with van der Waals surface area (Å²) < 4.78 is 5.47. The summed E-state index contributed by atoms with van der Waals surface area (Å²) in [5, 5.41) is 31.2. The summed E-state index contributed by atoms with van der Waals surface area (Å²) in [6, 6.07) is 0. The van der Waals surface area contributed by atoms with Crippen molar-refractivity contribution in [3.63, 3.8) is 0 Å². The largest absolute Gasteiger partial charge is 0.631 e. The smallest absolute Gasteiger partial charge is 0.493 e. The lowest BCUT2D eigenvalue weighted by Crippen LogP contribution is -2.46. The van der Waals surface area contributed by atoms with Crippen LogP contribution in [0, 0.1) is 0 Å².